The third kappa shape index (κ3) is 4.60. The normalized spacial score (nSPS) is 13.6. The van der Waals surface area contributed by atoms with Crippen LogP contribution in [0.2, 0.25) is 0 Å². The molecule has 9 heteroatoms. The summed E-state index contributed by atoms with van der Waals surface area (Å²) < 4.78 is 40.5. The zero-order valence-electron chi connectivity index (χ0n) is 18.9. The van der Waals surface area contributed by atoms with Gasteiger partial charge in [0.25, 0.3) is 5.56 Å². The zero-order chi connectivity index (χ0) is 24.7. The van der Waals surface area contributed by atoms with Gasteiger partial charge in [-0.25, -0.2) is 4.98 Å². The van der Waals surface area contributed by atoms with E-state index in [0.29, 0.717) is 21.6 Å². The van der Waals surface area contributed by atoms with Crippen LogP contribution in [-0.2, 0) is 30.4 Å². The Morgan fingerprint density at radius 3 is 2.66 bits per heavy atom. The van der Waals surface area contributed by atoms with E-state index in [9.17, 15) is 22.8 Å². The number of thiophene rings is 1. The quantitative estimate of drug-likeness (QED) is 0.378. The minimum atomic E-state index is -4.52. The fourth-order valence-corrected chi connectivity index (χ4v) is 5.76. The summed E-state index contributed by atoms with van der Waals surface area (Å²) in [5.74, 6) is -0.241. The van der Waals surface area contributed by atoms with Gasteiger partial charge < -0.3 is 5.32 Å². The Labute approximate surface area is 203 Å². The number of hydrogen-bond acceptors (Lipinski definition) is 4. The molecule has 0 saturated heterocycles. The number of aromatic nitrogens is 2. The van der Waals surface area contributed by atoms with Crippen molar-refractivity contribution in [2.24, 2.45) is 0 Å². The molecular weight excluding hydrogens is 475 g/mol. The maximum absolute atomic E-state index is 13.7. The molecule has 1 amide bonds. The summed E-state index contributed by atoms with van der Waals surface area (Å²) in [5, 5.41) is 3.05. The van der Waals surface area contributed by atoms with Gasteiger partial charge in [-0.3, -0.25) is 14.2 Å². The van der Waals surface area contributed by atoms with Gasteiger partial charge in [0.1, 0.15) is 17.2 Å². The van der Waals surface area contributed by atoms with E-state index in [1.54, 1.807) is 0 Å². The number of benzene rings is 2. The van der Waals surface area contributed by atoms with Crippen LogP contribution in [0.1, 0.15) is 34.4 Å². The first-order valence-electron chi connectivity index (χ1n) is 11.3. The third-order valence-electron chi connectivity index (χ3n) is 6.13. The van der Waals surface area contributed by atoms with Crippen molar-refractivity contribution in [2.75, 3.05) is 5.32 Å². The minimum absolute atomic E-state index is 0.0110. The van der Waals surface area contributed by atoms with Crippen LogP contribution in [0.3, 0.4) is 0 Å². The van der Waals surface area contributed by atoms with Crippen LogP contribution < -0.4 is 10.9 Å². The van der Waals surface area contributed by atoms with Crippen molar-refractivity contribution < 1.29 is 18.0 Å². The second-order valence-corrected chi connectivity index (χ2v) is 9.80. The van der Waals surface area contributed by atoms with Crippen LogP contribution in [0.25, 0.3) is 21.6 Å². The molecule has 0 spiro atoms. The van der Waals surface area contributed by atoms with E-state index in [2.05, 4.69) is 5.32 Å². The topological polar surface area (TPSA) is 64.0 Å². The molecule has 0 atom stereocenters. The van der Waals surface area contributed by atoms with E-state index in [-0.39, 0.29) is 17.8 Å². The van der Waals surface area contributed by atoms with Gasteiger partial charge in [0.15, 0.2) is 0 Å². The van der Waals surface area contributed by atoms with Gasteiger partial charge in [-0.2, -0.15) is 13.2 Å². The molecule has 0 unspecified atom stereocenters. The summed E-state index contributed by atoms with van der Waals surface area (Å²) in [6, 6.07) is 11.9. The number of nitrogens with zero attached hydrogens (tertiary/aromatic N) is 2. The van der Waals surface area contributed by atoms with Gasteiger partial charge in [0, 0.05) is 16.1 Å². The molecule has 1 aliphatic carbocycles. The molecule has 5 nitrogen and oxygen atoms in total. The number of fused-ring (bicyclic) bond motifs is 3. The van der Waals surface area contributed by atoms with Crippen molar-refractivity contribution in [1.82, 2.24) is 9.55 Å². The Bertz CT molecular complexity index is 1500. The van der Waals surface area contributed by atoms with Gasteiger partial charge in [-0.1, -0.05) is 29.8 Å². The van der Waals surface area contributed by atoms with E-state index in [1.165, 1.54) is 28.0 Å². The molecule has 0 aliphatic heterocycles. The predicted molar refractivity (Wildman–Crippen MR) is 131 cm³/mol. The van der Waals surface area contributed by atoms with Gasteiger partial charge in [0.05, 0.1) is 10.9 Å². The molecule has 0 radical (unpaired) electrons. The van der Waals surface area contributed by atoms with E-state index in [1.807, 2.05) is 31.2 Å². The first-order chi connectivity index (χ1) is 16.7. The number of anilines is 1. The van der Waals surface area contributed by atoms with E-state index < -0.39 is 17.6 Å². The molecule has 4 aromatic rings. The molecule has 0 bridgehead atoms. The second kappa shape index (κ2) is 8.96. The highest BCUT2D eigenvalue weighted by molar-refractivity contribution is 7.18. The van der Waals surface area contributed by atoms with Crippen molar-refractivity contribution in [3.63, 3.8) is 0 Å². The second-order valence-electron chi connectivity index (χ2n) is 8.71. The number of amides is 1. The van der Waals surface area contributed by atoms with Crippen LogP contribution in [0, 0.1) is 6.92 Å². The van der Waals surface area contributed by atoms with Gasteiger partial charge in [-0.15, -0.1) is 11.3 Å². The molecule has 180 valence electrons. The number of carbonyl (C=O) groups excluding carboxylic acids is 1. The van der Waals surface area contributed by atoms with Gasteiger partial charge in [0.2, 0.25) is 5.91 Å². The third-order valence-corrected chi connectivity index (χ3v) is 7.31. The number of hydrogen-bond donors (Lipinski definition) is 1. The molecule has 1 aliphatic rings. The summed E-state index contributed by atoms with van der Waals surface area (Å²) in [6.45, 7) is 1.56. The van der Waals surface area contributed by atoms with Gasteiger partial charge >= 0.3 is 6.18 Å². The molecule has 2 aromatic heterocycles. The van der Waals surface area contributed by atoms with Crippen LogP contribution in [0.5, 0.6) is 0 Å². The first kappa shape index (κ1) is 23.3. The van der Waals surface area contributed by atoms with Crippen molar-refractivity contribution in [3.8, 4) is 11.4 Å². The molecule has 2 aromatic carbocycles. The SMILES string of the molecule is Cc1cccc(-c2nc3sc4c(c3c(=O)n2CC(=O)Nc2cccc(C(F)(F)F)c2)CCCC4)c1. The van der Waals surface area contributed by atoms with Crippen LogP contribution in [0.15, 0.2) is 53.3 Å². The zero-order valence-corrected chi connectivity index (χ0v) is 19.7. The number of nitrogens with one attached hydrogen (secondary N) is 1. The lowest BCUT2D eigenvalue weighted by molar-refractivity contribution is -0.137. The Balaban J connectivity index is 1.58. The van der Waals surface area contributed by atoms with E-state index in [4.69, 9.17) is 4.98 Å². The van der Waals surface area contributed by atoms with Crippen molar-refractivity contribution in [1.29, 1.82) is 0 Å². The lowest BCUT2D eigenvalue weighted by Crippen LogP contribution is -2.30. The lowest BCUT2D eigenvalue weighted by Gasteiger charge is -2.15. The fourth-order valence-electron chi connectivity index (χ4n) is 4.51. The summed E-state index contributed by atoms with van der Waals surface area (Å²) in [5.41, 5.74) is 1.53. The van der Waals surface area contributed by atoms with Crippen LogP contribution >= 0.6 is 11.3 Å². The number of alkyl halides is 3. The number of aryl methyl sites for hydroxylation is 3. The molecule has 1 N–H and O–H groups in total. The Kier molecular flexibility index (Phi) is 5.96. The molecule has 0 fully saturated rings. The number of halogens is 3. The number of carbonyl (C=O) groups is 1. The highest BCUT2D eigenvalue weighted by atomic mass is 32.1. The average Bonchev–Trinajstić information content (AvgIpc) is 3.19. The molecule has 2 heterocycles. The summed E-state index contributed by atoms with van der Waals surface area (Å²) >= 11 is 1.53. The fraction of sp³-hybridized carbons (Fsp3) is 0.269. The largest absolute Gasteiger partial charge is 0.416 e. The average molecular weight is 498 g/mol. The predicted octanol–water partition coefficient (Wildman–Crippen LogP) is 5.97. The van der Waals surface area contributed by atoms with Crippen molar-refractivity contribution in [2.45, 2.75) is 45.3 Å². The van der Waals surface area contributed by atoms with Crippen molar-refractivity contribution >= 4 is 33.1 Å². The first-order valence-corrected chi connectivity index (χ1v) is 12.1. The van der Waals surface area contributed by atoms with Crippen LogP contribution in [-0.4, -0.2) is 15.5 Å². The van der Waals surface area contributed by atoms with Gasteiger partial charge in [-0.05, 0) is 62.4 Å². The van der Waals surface area contributed by atoms with Crippen molar-refractivity contribution in [3.05, 3.63) is 80.5 Å². The Hall–Kier alpha value is -3.46. The van der Waals surface area contributed by atoms with Crippen LogP contribution in [0.4, 0.5) is 18.9 Å². The highest BCUT2D eigenvalue weighted by Crippen LogP contribution is 2.35. The highest BCUT2D eigenvalue weighted by Gasteiger charge is 2.30. The smallest absolute Gasteiger partial charge is 0.325 e. The molecule has 35 heavy (non-hydrogen) atoms. The number of rotatable bonds is 4. The maximum Gasteiger partial charge on any atom is 0.416 e. The summed E-state index contributed by atoms with van der Waals surface area (Å²) in [7, 11) is 0. The summed E-state index contributed by atoms with van der Waals surface area (Å²) in [6.07, 6.45) is -0.757. The molecule has 0 saturated carbocycles. The summed E-state index contributed by atoms with van der Waals surface area (Å²) in [4.78, 5) is 33.3. The van der Waals surface area contributed by atoms with E-state index >= 15 is 0 Å². The minimum Gasteiger partial charge on any atom is -0.325 e. The monoisotopic (exact) mass is 497 g/mol. The molecular formula is C26H22F3N3O2S. The standard InChI is InChI=1S/C26H22F3N3O2S/c1-15-6-4-7-16(12-15)23-31-24-22(19-10-2-3-11-20(19)35-24)25(34)32(23)14-21(33)30-18-9-5-8-17(13-18)26(27,28)29/h4-9,12-13H,2-3,10-11,14H2,1H3,(H,30,33). The maximum atomic E-state index is 13.7. The Morgan fingerprint density at radius 2 is 1.89 bits per heavy atom. The molecule has 5 rings (SSSR count). The lowest BCUT2D eigenvalue weighted by atomic mass is 9.97. The van der Waals surface area contributed by atoms with E-state index in [0.717, 1.165) is 53.8 Å². The Morgan fingerprint density at radius 1 is 1.11 bits per heavy atom.